The van der Waals surface area contributed by atoms with E-state index >= 15 is 0 Å². The van der Waals surface area contributed by atoms with E-state index in [2.05, 4.69) is 109 Å². The van der Waals surface area contributed by atoms with E-state index in [1.807, 2.05) is 0 Å². The topological polar surface area (TPSA) is 4.93 Å². The van der Waals surface area contributed by atoms with Gasteiger partial charge in [-0.05, 0) is 58.8 Å². The van der Waals surface area contributed by atoms with E-state index in [1.165, 1.54) is 54.6 Å². The minimum absolute atomic E-state index is 1.21. The fourth-order valence-corrected chi connectivity index (χ4v) is 4.43. The third-order valence-electron chi connectivity index (χ3n) is 5.78. The highest BCUT2D eigenvalue weighted by molar-refractivity contribution is 6.13. The van der Waals surface area contributed by atoms with Gasteiger partial charge in [-0.3, -0.25) is 0 Å². The van der Waals surface area contributed by atoms with Crippen LogP contribution in [0.4, 0.5) is 0 Å². The van der Waals surface area contributed by atoms with Gasteiger partial charge >= 0.3 is 0 Å². The third kappa shape index (κ3) is 2.20. The van der Waals surface area contributed by atoms with Crippen molar-refractivity contribution >= 4 is 43.4 Å². The summed E-state index contributed by atoms with van der Waals surface area (Å²) in [5, 5.41) is 7.72. The van der Waals surface area contributed by atoms with Crippen molar-refractivity contribution in [3.05, 3.63) is 103 Å². The summed E-state index contributed by atoms with van der Waals surface area (Å²) >= 11 is 0. The molecule has 0 unspecified atom stereocenters. The quantitative estimate of drug-likeness (QED) is 0.289. The van der Waals surface area contributed by atoms with Crippen LogP contribution in [0.3, 0.4) is 0 Å². The number of hydrogen-bond donors (Lipinski definition) is 0. The summed E-state index contributed by atoms with van der Waals surface area (Å²) in [6.07, 6.45) is 0. The molecular formula is C27H19N. The van der Waals surface area contributed by atoms with Crippen LogP contribution in [0.5, 0.6) is 0 Å². The molecule has 5 aromatic carbocycles. The molecule has 1 heterocycles. The van der Waals surface area contributed by atoms with E-state index in [0.717, 1.165) is 0 Å². The maximum atomic E-state index is 2.40. The zero-order valence-corrected chi connectivity index (χ0v) is 15.7. The van der Waals surface area contributed by atoms with Crippen LogP contribution in [-0.4, -0.2) is 4.57 Å². The molecule has 0 spiro atoms. The van der Waals surface area contributed by atoms with Crippen LogP contribution in [0, 0.1) is 6.92 Å². The molecule has 0 saturated carbocycles. The molecule has 1 aromatic heterocycles. The van der Waals surface area contributed by atoms with Crippen LogP contribution in [-0.2, 0) is 0 Å². The van der Waals surface area contributed by atoms with Crippen molar-refractivity contribution in [1.82, 2.24) is 4.57 Å². The van der Waals surface area contributed by atoms with Crippen LogP contribution in [0.15, 0.2) is 97.1 Å². The lowest BCUT2D eigenvalue weighted by atomic mass is 10.0. The minimum atomic E-state index is 1.21. The van der Waals surface area contributed by atoms with Crippen molar-refractivity contribution in [3.8, 4) is 5.69 Å². The summed E-state index contributed by atoms with van der Waals surface area (Å²) in [6, 6.07) is 35.4. The highest BCUT2D eigenvalue weighted by atomic mass is 15.0. The SMILES string of the molecule is Cc1ccc2cc3c4ccccc4n(-c4ccc5ccccc5c4)c3cc2c1. The molecule has 0 amide bonds. The number of para-hydroxylation sites is 1. The average molecular weight is 357 g/mol. The molecular weight excluding hydrogens is 338 g/mol. The van der Waals surface area contributed by atoms with Crippen LogP contribution >= 0.6 is 0 Å². The highest BCUT2D eigenvalue weighted by Crippen LogP contribution is 2.35. The number of hydrogen-bond acceptors (Lipinski definition) is 0. The van der Waals surface area contributed by atoms with Crippen LogP contribution in [0.2, 0.25) is 0 Å². The molecule has 132 valence electrons. The van der Waals surface area contributed by atoms with Crippen LogP contribution < -0.4 is 0 Å². The van der Waals surface area contributed by atoms with E-state index in [1.54, 1.807) is 0 Å². The van der Waals surface area contributed by atoms with Gasteiger partial charge in [0.05, 0.1) is 11.0 Å². The molecule has 1 heteroatoms. The van der Waals surface area contributed by atoms with Crippen LogP contribution in [0.25, 0.3) is 49.0 Å². The molecule has 0 aliphatic carbocycles. The lowest BCUT2D eigenvalue weighted by Gasteiger charge is -2.10. The zero-order chi connectivity index (χ0) is 18.7. The molecule has 1 nitrogen and oxygen atoms in total. The first-order valence-corrected chi connectivity index (χ1v) is 9.71. The zero-order valence-electron chi connectivity index (χ0n) is 15.7. The lowest BCUT2D eigenvalue weighted by Crippen LogP contribution is -1.93. The van der Waals surface area contributed by atoms with Gasteiger partial charge in [-0.15, -0.1) is 0 Å². The molecule has 6 rings (SSSR count). The molecule has 0 saturated heterocycles. The largest absolute Gasteiger partial charge is 0.309 e. The number of fused-ring (bicyclic) bond motifs is 5. The summed E-state index contributed by atoms with van der Waals surface area (Å²) in [6.45, 7) is 2.16. The maximum absolute atomic E-state index is 2.40. The van der Waals surface area contributed by atoms with Gasteiger partial charge in [-0.2, -0.15) is 0 Å². The number of nitrogens with zero attached hydrogens (tertiary/aromatic N) is 1. The second kappa shape index (κ2) is 5.71. The Balaban J connectivity index is 1.78. The molecule has 28 heavy (non-hydrogen) atoms. The van der Waals surface area contributed by atoms with Crippen molar-refractivity contribution in [1.29, 1.82) is 0 Å². The Kier molecular flexibility index (Phi) is 3.15. The normalized spacial score (nSPS) is 11.8. The van der Waals surface area contributed by atoms with Crippen molar-refractivity contribution in [2.24, 2.45) is 0 Å². The first kappa shape index (κ1) is 15.5. The molecule has 0 N–H and O–H groups in total. The smallest absolute Gasteiger partial charge is 0.0547 e. The summed E-state index contributed by atoms with van der Waals surface area (Å²) in [7, 11) is 0. The highest BCUT2D eigenvalue weighted by Gasteiger charge is 2.13. The summed E-state index contributed by atoms with van der Waals surface area (Å²) in [4.78, 5) is 0. The van der Waals surface area contributed by atoms with Gasteiger partial charge < -0.3 is 4.57 Å². The Morgan fingerprint density at radius 3 is 2.18 bits per heavy atom. The fraction of sp³-hybridized carbons (Fsp3) is 0.0370. The Morgan fingerprint density at radius 1 is 0.500 bits per heavy atom. The second-order valence-corrected chi connectivity index (χ2v) is 7.60. The Hall–Kier alpha value is -3.58. The Morgan fingerprint density at radius 2 is 1.25 bits per heavy atom. The van der Waals surface area contributed by atoms with Gasteiger partial charge in [0.15, 0.2) is 0 Å². The first-order valence-electron chi connectivity index (χ1n) is 9.71. The van der Waals surface area contributed by atoms with E-state index in [9.17, 15) is 0 Å². The lowest BCUT2D eigenvalue weighted by molar-refractivity contribution is 1.19. The van der Waals surface area contributed by atoms with Crippen LogP contribution in [0.1, 0.15) is 5.56 Å². The van der Waals surface area contributed by atoms with Gasteiger partial charge in [0.2, 0.25) is 0 Å². The maximum Gasteiger partial charge on any atom is 0.0547 e. The van der Waals surface area contributed by atoms with Crippen molar-refractivity contribution in [2.45, 2.75) is 6.92 Å². The number of aryl methyl sites for hydroxylation is 1. The fourth-order valence-electron chi connectivity index (χ4n) is 4.43. The predicted molar refractivity (Wildman–Crippen MR) is 121 cm³/mol. The van der Waals surface area contributed by atoms with Gasteiger partial charge in [0, 0.05) is 16.5 Å². The van der Waals surface area contributed by atoms with Gasteiger partial charge in [-0.25, -0.2) is 0 Å². The number of benzene rings is 5. The van der Waals surface area contributed by atoms with E-state index in [-0.39, 0.29) is 0 Å². The molecule has 6 aromatic rings. The van der Waals surface area contributed by atoms with Gasteiger partial charge in [0.1, 0.15) is 0 Å². The predicted octanol–water partition coefficient (Wildman–Crippen LogP) is 7.40. The van der Waals surface area contributed by atoms with Crippen molar-refractivity contribution in [2.75, 3.05) is 0 Å². The molecule has 0 aliphatic rings. The molecule has 0 fully saturated rings. The van der Waals surface area contributed by atoms with E-state index in [4.69, 9.17) is 0 Å². The second-order valence-electron chi connectivity index (χ2n) is 7.60. The van der Waals surface area contributed by atoms with Gasteiger partial charge in [-0.1, -0.05) is 72.3 Å². The van der Waals surface area contributed by atoms with E-state index in [0.29, 0.717) is 0 Å². The average Bonchev–Trinajstić information content (AvgIpc) is 3.05. The third-order valence-corrected chi connectivity index (χ3v) is 5.78. The summed E-state index contributed by atoms with van der Waals surface area (Å²) in [5.74, 6) is 0. The van der Waals surface area contributed by atoms with Crippen molar-refractivity contribution < 1.29 is 0 Å². The summed E-state index contributed by atoms with van der Waals surface area (Å²) < 4.78 is 2.40. The van der Waals surface area contributed by atoms with Crippen molar-refractivity contribution in [3.63, 3.8) is 0 Å². The summed E-state index contributed by atoms with van der Waals surface area (Å²) in [5.41, 5.74) is 5.01. The molecule has 0 atom stereocenters. The molecule has 0 bridgehead atoms. The molecule has 0 radical (unpaired) electrons. The number of aromatic nitrogens is 1. The monoisotopic (exact) mass is 357 g/mol. The molecule has 0 aliphatic heterocycles. The Labute approximate surface area is 163 Å². The van der Waals surface area contributed by atoms with E-state index < -0.39 is 0 Å². The first-order chi connectivity index (χ1) is 13.8. The minimum Gasteiger partial charge on any atom is -0.309 e. The number of rotatable bonds is 1. The Bertz CT molecular complexity index is 1520. The van der Waals surface area contributed by atoms with Gasteiger partial charge in [0.25, 0.3) is 0 Å². The standard InChI is InChI=1S/C27H19N/c1-18-10-11-21-16-25-24-8-4-5-9-26(24)28(27(25)17-22(21)14-18)23-13-12-19-6-2-3-7-20(19)15-23/h2-17H,1H3.